The molecule has 6 heteroatoms. The second-order valence-corrected chi connectivity index (χ2v) is 5.81. The van der Waals surface area contributed by atoms with Gasteiger partial charge in [-0.2, -0.15) is 0 Å². The maximum absolute atomic E-state index is 12.4. The van der Waals surface area contributed by atoms with Gasteiger partial charge < -0.3 is 15.8 Å². The molecule has 2 rings (SSSR count). The number of benzene rings is 2. The number of nitrogens with two attached hydrogens (primary N) is 1. The number of carbonyl (C=O) groups excluding carboxylic acids is 1. The summed E-state index contributed by atoms with van der Waals surface area (Å²) in [4.78, 5) is 12.4. The summed E-state index contributed by atoms with van der Waals surface area (Å²) in [7, 11) is 1.51. The van der Waals surface area contributed by atoms with Gasteiger partial charge in [-0.3, -0.25) is 4.79 Å². The highest BCUT2D eigenvalue weighted by atomic mass is 79.9. The average Bonchev–Trinajstić information content (AvgIpc) is 2.44. The highest BCUT2D eigenvalue weighted by Gasteiger charge is 2.15. The van der Waals surface area contributed by atoms with Crippen molar-refractivity contribution in [2.45, 2.75) is 6.92 Å². The lowest BCUT2D eigenvalue weighted by atomic mass is 10.1. The first kappa shape index (κ1) is 15.7. The van der Waals surface area contributed by atoms with E-state index >= 15 is 0 Å². The Balaban J connectivity index is 2.34. The Bertz CT molecular complexity index is 704. The molecule has 21 heavy (non-hydrogen) atoms. The number of carbonyl (C=O) groups is 1. The molecule has 2 aromatic rings. The highest BCUT2D eigenvalue weighted by molar-refractivity contribution is 9.10. The monoisotopic (exact) mass is 368 g/mol. The van der Waals surface area contributed by atoms with Crippen LogP contribution in [0.25, 0.3) is 0 Å². The number of halogens is 2. The predicted molar refractivity (Wildman–Crippen MR) is 89.2 cm³/mol. The van der Waals surface area contributed by atoms with Crippen molar-refractivity contribution in [1.29, 1.82) is 0 Å². The van der Waals surface area contributed by atoms with Crippen LogP contribution < -0.4 is 15.8 Å². The van der Waals surface area contributed by atoms with Crippen molar-refractivity contribution in [3.63, 3.8) is 0 Å². The summed E-state index contributed by atoms with van der Waals surface area (Å²) in [6.45, 7) is 1.85. The summed E-state index contributed by atoms with van der Waals surface area (Å²) < 4.78 is 5.97. The van der Waals surface area contributed by atoms with E-state index in [9.17, 15) is 4.79 Å². The molecule has 0 atom stereocenters. The van der Waals surface area contributed by atoms with Gasteiger partial charge in [0.15, 0.2) is 0 Å². The second-order valence-electron chi connectivity index (χ2n) is 4.49. The van der Waals surface area contributed by atoms with E-state index in [0.717, 1.165) is 10.0 Å². The van der Waals surface area contributed by atoms with Crippen LogP contribution >= 0.6 is 27.5 Å². The van der Waals surface area contributed by atoms with Crippen molar-refractivity contribution < 1.29 is 9.53 Å². The van der Waals surface area contributed by atoms with E-state index in [0.29, 0.717) is 27.7 Å². The number of rotatable bonds is 3. The van der Waals surface area contributed by atoms with Gasteiger partial charge in [-0.1, -0.05) is 27.5 Å². The predicted octanol–water partition coefficient (Wildman–Crippen LogP) is 4.25. The van der Waals surface area contributed by atoms with Crippen LogP contribution in [-0.4, -0.2) is 13.0 Å². The van der Waals surface area contributed by atoms with Crippen LogP contribution in [-0.2, 0) is 0 Å². The summed E-state index contributed by atoms with van der Waals surface area (Å²) >= 11 is 9.39. The minimum atomic E-state index is -0.320. The molecule has 0 radical (unpaired) electrons. The normalized spacial score (nSPS) is 10.3. The van der Waals surface area contributed by atoms with Gasteiger partial charge in [-0.25, -0.2) is 0 Å². The molecular formula is C15H14BrClN2O2. The minimum Gasteiger partial charge on any atom is -0.496 e. The van der Waals surface area contributed by atoms with Crippen molar-refractivity contribution in [1.82, 2.24) is 0 Å². The number of amides is 1. The molecule has 3 N–H and O–H groups in total. The number of anilines is 2. The van der Waals surface area contributed by atoms with Crippen LogP contribution in [0.2, 0.25) is 5.02 Å². The third-order valence-electron chi connectivity index (χ3n) is 2.99. The first-order chi connectivity index (χ1) is 9.92. The smallest absolute Gasteiger partial charge is 0.259 e. The highest BCUT2D eigenvalue weighted by Crippen LogP contribution is 2.29. The molecule has 4 nitrogen and oxygen atoms in total. The third kappa shape index (κ3) is 3.49. The maximum Gasteiger partial charge on any atom is 0.259 e. The van der Waals surface area contributed by atoms with E-state index < -0.39 is 0 Å². The van der Waals surface area contributed by atoms with E-state index in [4.69, 9.17) is 22.1 Å². The van der Waals surface area contributed by atoms with Crippen LogP contribution in [0, 0.1) is 6.92 Å². The number of hydrogen-bond acceptors (Lipinski definition) is 3. The summed E-state index contributed by atoms with van der Waals surface area (Å²) in [5.41, 5.74) is 8.09. The molecule has 0 aliphatic heterocycles. The molecule has 0 heterocycles. The fourth-order valence-corrected chi connectivity index (χ4v) is 2.38. The lowest BCUT2D eigenvalue weighted by molar-refractivity contribution is 0.102. The van der Waals surface area contributed by atoms with Gasteiger partial charge in [0.1, 0.15) is 5.75 Å². The minimum absolute atomic E-state index is 0.320. The Morgan fingerprint density at radius 3 is 2.71 bits per heavy atom. The van der Waals surface area contributed by atoms with E-state index in [1.54, 1.807) is 30.3 Å². The fraction of sp³-hybridized carbons (Fsp3) is 0.133. The topological polar surface area (TPSA) is 64.3 Å². The van der Waals surface area contributed by atoms with Crippen LogP contribution in [0.15, 0.2) is 34.8 Å². The van der Waals surface area contributed by atoms with Crippen LogP contribution in [0.3, 0.4) is 0 Å². The van der Waals surface area contributed by atoms with Crippen molar-refractivity contribution in [3.05, 3.63) is 51.0 Å². The third-order valence-corrected chi connectivity index (χ3v) is 3.89. The van der Waals surface area contributed by atoms with E-state index in [1.807, 2.05) is 6.92 Å². The van der Waals surface area contributed by atoms with Gasteiger partial charge in [0, 0.05) is 9.50 Å². The number of hydrogen-bond donors (Lipinski definition) is 2. The zero-order chi connectivity index (χ0) is 15.6. The fourth-order valence-electron chi connectivity index (χ4n) is 1.86. The van der Waals surface area contributed by atoms with E-state index in [-0.39, 0.29) is 5.91 Å². The number of nitrogens with one attached hydrogen (secondary N) is 1. The molecule has 0 aromatic heterocycles. The Morgan fingerprint density at radius 2 is 2.05 bits per heavy atom. The van der Waals surface area contributed by atoms with Crippen molar-refractivity contribution in [2.75, 3.05) is 18.2 Å². The standard InChI is InChI=1S/C15H14BrClN2O2/c1-8-5-12(18)13(7-11(8)17)19-15(20)10-6-9(16)3-4-14(10)21-2/h3-7H,18H2,1-2H3,(H,19,20). The lowest BCUT2D eigenvalue weighted by Gasteiger charge is -2.12. The number of nitrogen functional groups attached to an aromatic ring is 1. The van der Waals surface area contributed by atoms with Crippen LogP contribution in [0.5, 0.6) is 5.75 Å². The Morgan fingerprint density at radius 1 is 1.33 bits per heavy atom. The SMILES string of the molecule is COc1ccc(Br)cc1C(=O)Nc1cc(Cl)c(C)cc1N. The zero-order valence-corrected chi connectivity index (χ0v) is 13.9. The van der Waals surface area contributed by atoms with Gasteiger partial charge in [-0.15, -0.1) is 0 Å². The average molecular weight is 370 g/mol. The van der Waals surface area contributed by atoms with Crippen LogP contribution in [0.1, 0.15) is 15.9 Å². The number of methoxy groups -OCH3 is 1. The summed E-state index contributed by atoms with van der Waals surface area (Å²) in [5.74, 6) is 0.159. The quantitative estimate of drug-likeness (QED) is 0.795. The zero-order valence-electron chi connectivity index (χ0n) is 11.5. The second kappa shape index (κ2) is 6.37. The molecule has 2 aromatic carbocycles. The Kier molecular flexibility index (Phi) is 4.75. The first-order valence-electron chi connectivity index (χ1n) is 6.13. The summed E-state index contributed by atoms with van der Waals surface area (Å²) in [5, 5.41) is 3.29. The number of ether oxygens (including phenoxy) is 1. The lowest BCUT2D eigenvalue weighted by Crippen LogP contribution is -2.14. The van der Waals surface area contributed by atoms with Gasteiger partial charge in [-0.05, 0) is 42.8 Å². The molecular weight excluding hydrogens is 356 g/mol. The van der Waals surface area contributed by atoms with Crippen LogP contribution in [0.4, 0.5) is 11.4 Å². The molecule has 0 aliphatic carbocycles. The molecule has 0 bridgehead atoms. The molecule has 0 saturated heterocycles. The molecule has 0 aliphatic rings. The molecule has 1 amide bonds. The summed E-state index contributed by atoms with van der Waals surface area (Å²) in [6.07, 6.45) is 0. The molecule has 0 spiro atoms. The van der Waals surface area contributed by atoms with Gasteiger partial charge in [0.05, 0.1) is 24.0 Å². The van der Waals surface area contributed by atoms with E-state index in [1.165, 1.54) is 7.11 Å². The summed E-state index contributed by atoms with van der Waals surface area (Å²) in [6, 6.07) is 8.54. The van der Waals surface area contributed by atoms with Crippen molar-refractivity contribution in [3.8, 4) is 5.75 Å². The first-order valence-corrected chi connectivity index (χ1v) is 7.30. The van der Waals surface area contributed by atoms with Crippen molar-refractivity contribution >= 4 is 44.8 Å². The number of aryl methyl sites for hydroxylation is 1. The van der Waals surface area contributed by atoms with Gasteiger partial charge >= 0.3 is 0 Å². The maximum atomic E-state index is 12.4. The molecule has 110 valence electrons. The van der Waals surface area contributed by atoms with Gasteiger partial charge in [0.25, 0.3) is 5.91 Å². The Labute approximate surface area is 136 Å². The van der Waals surface area contributed by atoms with Gasteiger partial charge in [0.2, 0.25) is 0 Å². The van der Waals surface area contributed by atoms with Crippen molar-refractivity contribution in [2.24, 2.45) is 0 Å². The molecule has 0 unspecified atom stereocenters. The largest absolute Gasteiger partial charge is 0.496 e. The Hall–Kier alpha value is -1.72. The molecule has 0 fully saturated rings. The molecule has 0 saturated carbocycles. The van der Waals surface area contributed by atoms with E-state index in [2.05, 4.69) is 21.2 Å².